The number of methoxy groups -OCH3 is 1. The summed E-state index contributed by atoms with van der Waals surface area (Å²) in [4.78, 5) is 6.33. The Morgan fingerprint density at radius 3 is 2.76 bits per heavy atom. The number of ether oxygens (including phenoxy) is 2. The highest BCUT2D eigenvalue weighted by Gasteiger charge is 2.33. The molecule has 7 heteroatoms. The number of thiophene rings is 1. The standard InChI is InChI=1S/C30H30N2O4S/c1-7-13-35-32-18(3)19-12-14-37-25(19)15-24-27-20(28-23(36-24)11-10-22(33)29(28)34-6)8-9-21-26(27)17(2)16-30(4,5)31-21/h7-12,14-16,31,33H,1,13H2,2-6H3/b24-15-,32-18-. The van der Waals surface area contributed by atoms with Crippen molar-refractivity contribution in [3.63, 3.8) is 0 Å². The predicted octanol–water partition coefficient (Wildman–Crippen LogP) is 7.55. The maximum Gasteiger partial charge on any atom is 0.172 e. The Hall–Kier alpha value is -3.97. The average molecular weight is 515 g/mol. The number of hydrogen-bond donors (Lipinski definition) is 2. The Kier molecular flexibility index (Phi) is 6.33. The fraction of sp³-hybridized carbons (Fsp3) is 0.233. The monoisotopic (exact) mass is 514 g/mol. The SMILES string of the molecule is C=CCO/N=C(/C)c1ccsc1/C=C1\Oc2ccc(O)c(OC)c2-c2ccc3c(c21)C(C)=CC(C)(C)N3. The minimum Gasteiger partial charge on any atom is -0.504 e. The summed E-state index contributed by atoms with van der Waals surface area (Å²) in [6, 6.07) is 9.56. The molecule has 0 amide bonds. The van der Waals surface area contributed by atoms with Gasteiger partial charge < -0.3 is 24.7 Å². The highest BCUT2D eigenvalue weighted by atomic mass is 32.1. The lowest BCUT2D eigenvalue weighted by Crippen LogP contribution is -2.32. The number of nitrogens with zero attached hydrogens (tertiary/aromatic N) is 1. The molecule has 6 nitrogen and oxygen atoms in total. The lowest BCUT2D eigenvalue weighted by molar-refractivity contribution is 0.175. The molecule has 2 aliphatic heterocycles. The van der Waals surface area contributed by atoms with Crippen molar-refractivity contribution in [1.29, 1.82) is 0 Å². The maximum absolute atomic E-state index is 10.6. The van der Waals surface area contributed by atoms with Crippen LogP contribution in [0.15, 0.2) is 59.6 Å². The second-order valence-electron chi connectivity index (χ2n) is 9.65. The van der Waals surface area contributed by atoms with Crippen molar-refractivity contribution >= 4 is 40.1 Å². The summed E-state index contributed by atoms with van der Waals surface area (Å²) >= 11 is 1.61. The number of phenolic OH excluding ortho intramolecular Hbond substituents is 1. The Bertz CT molecular complexity index is 1490. The number of allylic oxidation sites excluding steroid dienone is 1. The molecule has 3 heterocycles. The van der Waals surface area contributed by atoms with Gasteiger partial charge in [0, 0.05) is 32.8 Å². The van der Waals surface area contributed by atoms with Crippen LogP contribution < -0.4 is 14.8 Å². The third-order valence-corrected chi connectivity index (χ3v) is 7.28. The lowest BCUT2D eigenvalue weighted by Gasteiger charge is -2.35. The van der Waals surface area contributed by atoms with Crippen molar-refractivity contribution in [2.24, 2.45) is 5.16 Å². The number of benzene rings is 2. The van der Waals surface area contributed by atoms with Gasteiger partial charge in [-0.15, -0.1) is 11.3 Å². The van der Waals surface area contributed by atoms with E-state index in [9.17, 15) is 5.11 Å². The molecule has 0 saturated carbocycles. The van der Waals surface area contributed by atoms with Crippen LogP contribution in [0.3, 0.4) is 0 Å². The molecular weight excluding hydrogens is 484 g/mol. The van der Waals surface area contributed by atoms with Crippen LogP contribution in [0.2, 0.25) is 0 Å². The van der Waals surface area contributed by atoms with Crippen molar-refractivity contribution < 1.29 is 19.4 Å². The number of aromatic hydroxyl groups is 1. The molecule has 0 bridgehead atoms. The fourth-order valence-corrected chi connectivity index (χ4v) is 5.90. The van der Waals surface area contributed by atoms with E-state index in [1.54, 1.807) is 36.7 Å². The number of anilines is 1. The predicted molar refractivity (Wildman–Crippen MR) is 153 cm³/mol. The number of oxime groups is 1. The molecule has 190 valence electrons. The zero-order chi connectivity index (χ0) is 26.3. The van der Waals surface area contributed by atoms with Crippen molar-refractivity contribution in [3.05, 3.63) is 76.0 Å². The van der Waals surface area contributed by atoms with Gasteiger partial charge in [-0.05, 0) is 69.0 Å². The Morgan fingerprint density at radius 2 is 2.00 bits per heavy atom. The van der Waals surface area contributed by atoms with Crippen LogP contribution >= 0.6 is 11.3 Å². The molecule has 0 aliphatic carbocycles. The first kappa shape index (κ1) is 24.7. The topological polar surface area (TPSA) is 72.3 Å². The van der Waals surface area contributed by atoms with Crippen molar-refractivity contribution in [2.75, 3.05) is 19.0 Å². The van der Waals surface area contributed by atoms with Crippen LogP contribution in [0.1, 0.15) is 49.3 Å². The highest BCUT2D eigenvalue weighted by Crippen LogP contribution is 2.54. The molecule has 5 rings (SSSR count). The smallest absolute Gasteiger partial charge is 0.172 e. The Morgan fingerprint density at radius 1 is 1.19 bits per heavy atom. The molecule has 2 N–H and O–H groups in total. The van der Waals surface area contributed by atoms with E-state index in [0.717, 1.165) is 49.7 Å². The molecular formula is C30H30N2O4S. The van der Waals surface area contributed by atoms with E-state index in [2.05, 4.69) is 62.1 Å². The van der Waals surface area contributed by atoms with Gasteiger partial charge in [-0.25, -0.2) is 0 Å². The van der Waals surface area contributed by atoms with Gasteiger partial charge in [0.1, 0.15) is 18.1 Å². The zero-order valence-corrected chi connectivity index (χ0v) is 22.5. The minimum absolute atomic E-state index is 0.0689. The van der Waals surface area contributed by atoms with Crippen LogP contribution in [0, 0.1) is 0 Å². The van der Waals surface area contributed by atoms with E-state index < -0.39 is 0 Å². The van der Waals surface area contributed by atoms with E-state index >= 15 is 0 Å². The lowest BCUT2D eigenvalue weighted by atomic mass is 9.83. The van der Waals surface area contributed by atoms with Gasteiger partial charge in [0.25, 0.3) is 0 Å². The van der Waals surface area contributed by atoms with Gasteiger partial charge in [-0.2, -0.15) is 0 Å². The summed E-state index contributed by atoms with van der Waals surface area (Å²) in [5.74, 6) is 1.80. The van der Waals surface area contributed by atoms with E-state index in [1.807, 2.05) is 18.4 Å². The van der Waals surface area contributed by atoms with Gasteiger partial charge >= 0.3 is 0 Å². The molecule has 0 spiro atoms. The quantitative estimate of drug-likeness (QED) is 0.154. The zero-order valence-electron chi connectivity index (χ0n) is 21.6. The first-order valence-corrected chi connectivity index (χ1v) is 12.9. The first-order valence-electron chi connectivity index (χ1n) is 12.0. The highest BCUT2D eigenvalue weighted by molar-refractivity contribution is 7.11. The molecule has 0 fully saturated rings. The van der Waals surface area contributed by atoms with Gasteiger partial charge in [0.05, 0.1) is 23.9 Å². The molecule has 3 aromatic rings. The van der Waals surface area contributed by atoms with Gasteiger partial charge in [-0.1, -0.05) is 30.0 Å². The molecule has 0 saturated heterocycles. The van der Waals surface area contributed by atoms with Gasteiger partial charge in [0.2, 0.25) is 0 Å². The van der Waals surface area contributed by atoms with Crippen LogP contribution in [0.25, 0.3) is 28.5 Å². The second kappa shape index (κ2) is 9.48. The molecule has 0 unspecified atom stereocenters. The normalized spacial score (nSPS) is 16.5. The number of hydrogen-bond acceptors (Lipinski definition) is 7. The Balaban J connectivity index is 1.75. The van der Waals surface area contributed by atoms with Crippen molar-refractivity contribution in [2.45, 2.75) is 33.2 Å². The summed E-state index contributed by atoms with van der Waals surface area (Å²) in [6.07, 6.45) is 5.95. The molecule has 0 radical (unpaired) electrons. The number of phenols is 1. The number of rotatable bonds is 6. The molecule has 1 aromatic heterocycles. The summed E-state index contributed by atoms with van der Waals surface area (Å²) in [7, 11) is 1.56. The average Bonchev–Trinajstić information content (AvgIpc) is 3.31. The van der Waals surface area contributed by atoms with E-state index in [-0.39, 0.29) is 11.3 Å². The number of nitrogens with one attached hydrogen (secondary N) is 1. The third kappa shape index (κ3) is 4.40. The molecule has 37 heavy (non-hydrogen) atoms. The van der Waals surface area contributed by atoms with Gasteiger partial charge in [0.15, 0.2) is 11.5 Å². The van der Waals surface area contributed by atoms with Gasteiger partial charge in [-0.3, -0.25) is 0 Å². The summed E-state index contributed by atoms with van der Waals surface area (Å²) in [6.45, 7) is 12.4. The number of fused-ring (bicyclic) bond motifs is 5. The fourth-order valence-electron chi connectivity index (χ4n) is 5.04. The molecule has 0 atom stereocenters. The summed E-state index contributed by atoms with van der Waals surface area (Å²) in [5, 5.41) is 20.5. The van der Waals surface area contributed by atoms with E-state index in [1.165, 1.54) is 0 Å². The van der Waals surface area contributed by atoms with Crippen LogP contribution in [-0.2, 0) is 4.84 Å². The minimum atomic E-state index is -0.182. The van der Waals surface area contributed by atoms with Crippen LogP contribution in [-0.4, -0.2) is 30.1 Å². The van der Waals surface area contributed by atoms with Crippen LogP contribution in [0.4, 0.5) is 5.69 Å². The van der Waals surface area contributed by atoms with Crippen molar-refractivity contribution in [1.82, 2.24) is 0 Å². The summed E-state index contributed by atoms with van der Waals surface area (Å²) < 4.78 is 12.2. The third-order valence-electron chi connectivity index (χ3n) is 6.41. The first-order chi connectivity index (χ1) is 17.7. The summed E-state index contributed by atoms with van der Waals surface area (Å²) in [5.41, 5.74) is 7.42. The molecule has 2 aliphatic rings. The molecule has 2 aromatic carbocycles. The largest absolute Gasteiger partial charge is 0.504 e. The van der Waals surface area contributed by atoms with E-state index in [0.29, 0.717) is 23.9 Å². The van der Waals surface area contributed by atoms with Crippen molar-refractivity contribution in [3.8, 4) is 28.4 Å². The maximum atomic E-state index is 10.6. The van der Waals surface area contributed by atoms with E-state index in [4.69, 9.17) is 14.3 Å². The van der Waals surface area contributed by atoms with Crippen LogP contribution in [0.5, 0.6) is 17.2 Å². The Labute approximate surface area is 221 Å². The second-order valence-corrected chi connectivity index (χ2v) is 10.6.